The molecule has 0 saturated carbocycles. The highest BCUT2D eigenvalue weighted by Gasteiger charge is 2.21. The third-order valence-corrected chi connectivity index (χ3v) is 1.79. The quantitative estimate of drug-likeness (QED) is 0.585. The van der Waals surface area contributed by atoms with Gasteiger partial charge in [-0.05, 0) is 24.8 Å². The third kappa shape index (κ3) is 1.42. The maximum Gasteiger partial charge on any atom is 0.244 e. The summed E-state index contributed by atoms with van der Waals surface area (Å²) in [5.74, 6) is -0.300. The fourth-order valence-corrected chi connectivity index (χ4v) is 1.25. The molecule has 1 amide bonds. The number of allylic oxidation sites excluding steroid dienone is 2. The van der Waals surface area contributed by atoms with Gasteiger partial charge in [-0.3, -0.25) is 4.79 Å². The molecule has 60 valence electrons. The van der Waals surface area contributed by atoms with Gasteiger partial charge >= 0.3 is 0 Å². The molecule has 0 aliphatic carbocycles. The highest BCUT2D eigenvalue weighted by molar-refractivity contribution is 5.83. The second-order valence-electron chi connectivity index (χ2n) is 2.72. The molecule has 0 bridgehead atoms. The smallest absolute Gasteiger partial charge is 0.244 e. The molecule has 2 N–H and O–H groups in total. The van der Waals surface area contributed by atoms with E-state index in [-0.39, 0.29) is 11.9 Å². The molecule has 1 unspecified atom stereocenters. The van der Waals surface area contributed by atoms with E-state index in [2.05, 4.69) is 0 Å². The van der Waals surface area contributed by atoms with Crippen LogP contribution in [-0.4, -0.2) is 23.9 Å². The minimum absolute atomic E-state index is 0.264. The first-order valence-corrected chi connectivity index (χ1v) is 3.49. The second kappa shape index (κ2) is 2.78. The number of rotatable bonds is 1. The molecule has 1 aliphatic rings. The molecule has 1 atom stereocenters. The number of hydrogen-bond acceptors (Lipinski definition) is 2. The van der Waals surface area contributed by atoms with Crippen molar-refractivity contribution in [2.24, 2.45) is 5.73 Å². The summed E-state index contributed by atoms with van der Waals surface area (Å²) >= 11 is 0. The maximum atomic E-state index is 10.9. The summed E-state index contributed by atoms with van der Waals surface area (Å²) in [5, 5.41) is 0. The zero-order valence-corrected chi connectivity index (χ0v) is 6.74. The normalized spacial score (nSPS) is 23.3. The first-order chi connectivity index (χ1) is 5.13. The molecular formula is C8H12N2O. The Morgan fingerprint density at radius 1 is 1.73 bits per heavy atom. The molecule has 1 heterocycles. The number of amides is 1. The summed E-state index contributed by atoms with van der Waals surface area (Å²) in [4.78, 5) is 12.7. The van der Waals surface area contributed by atoms with Gasteiger partial charge in [0, 0.05) is 7.05 Å². The van der Waals surface area contributed by atoms with Crippen molar-refractivity contribution in [3.05, 3.63) is 23.9 Å². The Bertz CT molecular complexity index is 230. The minimum Gasteiger partial charge on any atom is -0.368 e. The summed E-state index contributed by atoms with van der Waals surface area (Å²) in [5.41, 5.74) is 6.18. The van der Waals surface area contributed by atoms with Crippen LogP contribution >= 0.6 is 0 Å². The van der Waals surface area contributed by atoms with Crippen LogP contribution in [0.2, 0.25) is 0 Å². The molecule has 11 heavy (non-hydrogen) atoms. The summed E-state index contributed by atoms with van der Waals surface area (Å²) in [6.07, 6.45) is 5.63. The lowest BCUT2D eigenvalue weighted by Gasteiger charge is -2.26. The van der Waals surface area contributed by atoms with Crippen molar-refractivity contribution >= 4 is 5.91 Å². The number of nitrogens with two attached hydrogens (primary N) is 1. The highest BCUT2D eigenvalue weighted by Crippen LogP contribution is 2.13. The second-order valence-corrected chi connectivity index (χ2v) is 2.72. The van der Waals surface area contributed by atoms with Crippen LogP contribution in [-0.2, 0) is 4.79 Å². The molecule has 0 fully saturated rings. The van der Waals surface area contributed by atoms with E-state index < -0.39 is 0 Å². The Balaban J connectivity index is 2.86. The lowest BCUT2D eigenvalue weighted by atomic mass is 10.1. The fraction of sp³-hybridized carbons (Fsp3) is 0.375. The monoisotopic (exact) mass is 152 g/mol. The molecule has 0 saturated heterocycles. The van der Waals surface area contributed by atoms with Gasteiger partial charge in [0.2, 0.25) is 5.91 Å². The van der Waals surface area contributed by atoms with Gasteiger partial charge in [-0.15, -0.1) is 0 Å². The Kier molecular flexibility index (Phi) is 1.98. The van der Waals surface area contributed by atoms with Gasteiger partial charge in [0.1, 0.15) is 6.04 Å². The van der Waals surface area contributed by atoms with Crippen LogP contribution in [0.15, 0.2) is 23.9 Å². The van der Waals surface area contributed by atoms with Gasteiger partial charge in [0.25, 0.3) is 0 Å². The van der Waals surface area contributed by atoms with Crippen molar-refractivity contribution < 1.29 is 4.79 Å². The fourth-order valence-electron chi connectivity index (χ4n) is 1.25. The number of primary amides is 1. The number of carbonyl (C=O) groups excluding carboxylic acids is 1. The van der Waals surface area contributed by atoms with Crippen LogP contribution in [0.3, 0.4) is 0 Å². The van der Waals surface area contributed by atoms with Crippen LogP contribution < -0.4 is 5.73 Å². The molecule has 1 aliphatic heterocycles. The molecule has 1 rings (SSSR count). The topological polar surface area (TPSA) is 46.3 Å². The Hall–Kier alpha value is -1.25. The van der Waals surface area contributed by atoms with Crippen molar-refractivity contribution in [1.29, 1.82) is 0 Å². The van der Waals surface area contributed by atoms with E-state index >= 15 is 0 Å². The molecular weight excluding hydrogens is 140 g/mol. The molecule has 0 radical (unpaired) electrons. The van der Waals surface area contributed by atoms with Gasteiger partial charge in [-0.1, -0.05) is 6.08 Å². The van der Waals surface area contributed by atoms with E-state index in [4.69, 9.17) is 5.73 Å². The van der Waals surface area contributed by atoms with Crippen molar-refractivity contribution in [3.63, 3.8) is 0 Å². The van der Waals surface area contributed by atoms with Crippen LogP contribution in [0.1, 0.15) is 6.92 Å². The standard InChI is InChI=1S/C8H12N2O/c1-6-4-3-5-10(2)7(6)8(9)11/h3-5,7H,1-2H3,(H2,9,11). The van der Waals surface area contributed by atoms with E-state index in [1.54, 1.807) is 4.90 Å². The SMILES string of the molecule is CC1=CC=CN(C)C1C(N)=O. The van der Waals surface area contributed by atoms with E-state index in [9.17, 15) is 4.79 Å². The van der Waals surface area contributed by atoms with Crippen LogP contribution in [0.25, 0.3) is 0 Å². The summed E-state index contributed by atoms with van der Waals surface area (Å²) < 4.78 is 0. The van der Waals surface area contributed by atoms with E-state index in [1.165, 1.54) is 0 Å². The first-order valence-electron chi connectivity index (χ1n) is 3.49. The lowest BCUT2D eigenvalue weighted by molar-refractivity contribution is -0.120. The van der Waals surface area contributed by atoms with E-state index in [1.807, 2.05) is 32.3 Å². The van der Waals surface area contributed by atoms with Gasteiger partial charge in [-0.25, -0.2) is 0 Å². The Labute approximate surface area is 66.2 Å². The molecule has 3 heteroatoms. The number of carbonyl (C=O) groups is 1. The van der Waals surface area contributed by atoms with Crippen molar-refractivity contribution in [2.45, 2.75) is 13.0 Å². The number of nitrogens with zero attached hydrogens (tertiary/aromatic N) is 1. The highest BCUT2D eigenvalue weighted by atomic mass is 16.1. The predicted molar refractivity (Wildman–Crippen MR) is 43.6 cm³/mol. The Morgan fingerprint density at radius 3 is 2.73 bits per heavy atom. The largest absolute Gasteiger partial charge is 0.368 e. The van der Waals surface area contributed by atoms with Gasteiger partial charge < -0.3 is 10.6 Å². The summed E-state index contributed by atoms with van der Waals surface area (Å²) in [7, 11) is 1.84. The summed E-state index contributed by atoms with van der Waals surface area (Å²) in [6, 6.07) is -0.264. The molecule has 0 spiro atoms. The van der Waals surface area contributed by atoms with E-state index in [0.717, 1.165) is 5.57 Å². The van der Waals surface area contributed by atoms with E-state index in [0.29, 0.717) is 0 Å². The average molecular weight is 152 g/mol. The lowest BCUT2D eigenvalue weighted by Crippen LogP contribution is -2.41. The zero-order valence-electron chi connectivity index (χ0n) is 6.74. The third-order valence-electron chi connectivity index (χ3n) is 1.79. The molecule has 0 aromatic carbocycles. The average Bonchev–Trinajstić information content (AvgIpc) is 1.85. The summed E-state index contributed by atoms with van der Waals surface area (Å²) in [6.45, 7) is 1.90. The zero-order chi connectivity index (χ0) is 8.43. The maximum absolute atomic E-state index is 10.9. The van der Waals surface area contributed by atoms with Crippen LogP contribution in [0.4, 0.5) is 0 Å². The predicted octanol–water partition coefficient (Wildman–Crippen LogP) is 0.246. The number of hydrogen-bond donors (Lipinski definition) is 1. The first kappa shape index (κ1) is 7.85. The molecule has 0 aromatic rings. The van der Waals surface area contributed by atoms with Crippen molar-refractivity contribution in [3.8, 4) is 0 Å². The van der Waals surface area contributed by atoms with Crippen LogP contribution in [0, 0.1) is 0 Å². The van der Waals surface area contributed by atoms with Gasteiger partial charge in [0.05, 0.1) is 0 Å². The van der Waals surface area contributed by atoms with Crippen LogP contribution in [0.5, 0.6) is 0 Å². The van der Waals surface area contributed by atoms with Crippen molar-refractivity contribution in [2.75, 3.05) is 7.05 Å². The molecule has 3 nitrogen and oxygen atoms in total. The molecule has 0 aromatic heterocycles. The van der Waals surface area contributed by atoms with Crippen molar-refractivity contribution in [1.82, 2.24) is 4.90 Å². The number of likely N-dealkylation sites (N-methyl/N-ethyl adjacent to an activating group) is 1. The van der Waals surface area contributed by atoms with Gasteiger partial charge in [0.15, 0.2) is 0 Å². The minimum atomic E-state index is -0.300. The van der Waals surface area contributed by atoms with Gasteiger partial charge in [-0.2, -0.15) is 0 Å². The Morgan fingerprint density at radius 2 is 2.36 bits per heavy atom.